The minimum absolute atomic E-state index is 0.914. The van der Waals surface area contributed by atoms with Crippen molar-refractivity contribution in [3.63, 3.8) is 0 Å². The van der Waals surface area contributed by atoms with Crippen molar-refractivity contribution in [2.45, 2.75) is 0 Å². The van der Waals surface area contributed by atoms with Gasteiger partial charge in [-0.2, -0.15) is 0 Å². The molecule has 10 aromatic rings. The zero-order valence-electron chi connectivity index (χ0n) is 26.1. The van der Waals surface area contributed by atoms with Crippen LogP contribution in [0.1, 0.15) is 0 Å². The van der Waals surface area contributed by atoms with Gasteiger partial charge in [-0.05, 0) is 87.3 Å². The number of fused-ring (bicyclic) bond motifs is 9. The molecule has 0 aliphatic rings. The molecule has 8 aromatic carbocycles. The van der Waals surface area contributed by atoms with Crippen LogP contribution in [0.5, 0.6) is 0 Å². The molecule has 2 heterocycles. The Labute approximate surface area is 277 Å². The number of nitrogens with zero attached hydrogens (tertiary/aromatic N) is 1. The zero-order chi connectivity index (χ0) is 31.6. The first-order valence-corrected chi connectivity index (χ1v) is 16.4. The zero-order valence-corrected chi connectivity index (χ0v) is 26.1. The average molecular weight is 612 g/mol. The van der Waals surface area contributed by atoms with E-state index in [0.29, 0.717) is 0 Å². The summed E-state index contributed by atoms with van der Waals surface area (Å²) < 4.78 is 9.04. The van der Waals surface area contributed by atoms with Crippen molar-refractivity contribution in [1.82, 2.24) is 4.57 Å². The second kappa shape index (κ2) is 10.6. The van der Waals surface area contributed by atoms with Gasteiger partial charge in [0.05, 0.1) is 11.0 Å². The molecule has 0 unspecified atom stereocenters. The number of rotatable bonds is 4. The quantitative estimate of drug-likeness (QED) is 0.194. The van der Waals surface area contributed by atoms with Crippen molar-refractivity contribution in [2.75, 3.05) is 0 Å². The van der Waals surface area contributed by atoms with Crippen LogP contribution in [0.2, 0.25) is 0 Å². The van der Waals surface area contributed by atoms with Gasteiger partial charge in [0.2, 0.25) is 0 Å². The van der Waals surface area contributed by atoms with Crippen molar-refractivity contribution >= 4 is 54.5 Å². The number of aromatic nitrogens is 1. The van der Waals surface area contributed by atoms with Gasteiger partial charge in [0.1, 0.15) is 11.2 Å². The first-order valence-electron chi connectivity index (χ1n) is 16.4. The number of para-hydroxylation sites is 2. The molecular weight excluding hydrogens is 583 g/mol. The third-order valence-corrected chi connectivity index (χ3v) is 9.77. The van der Waals surface area contributed by atoms with Crippen LogP contribution in [0, 0.1) is 0 Å². The summed E-state index contributed by atoms with van der Waals surface area (Å²) in [6.07, 6.45) is 0. The second-order valence-electron chi connectivity index (χ2n) is 12.5. The monoisotopic (exact) mass is 611 g/mol. The Bertz CT molecular complexity index is 2740. The summed E-state index contributed by atoms with van der Waals surface area (Å²) in [6.45, 7) is 0. The highest BCUT2D eigenvalue weighted by Crippen LogP contribution is 2.42. The van der Waals surface area contributed by atoms with Crippen LogP contribution in [0.25, 0.3) is 93.6 Å². The highest BCUT2D eigenvalue weighted by molar-refractivity contribution is 6.26. The molecule has 10 rings (SSSR count). The molecule has 0 bridgehead atoms. The number of hydrogen-bond donors (Lipinski definition) is 0. The minimum atomic E-state index is 0.914. The fraction of sp³-hybridized carbons (Fsp3) is 0. The van der Waals surface area contributed by atoms with Crippen LogP contribution in [0.3, 0.4) is 0 Å². The van der Waals surface area contributed by atoms with E-state index >= 15 is 0 Å². The smallest absolute Gasteiger partial charge is 0.145 e. The molecule has 0 saturated heterocycles. The molecule has 0 spiro atoms. The third-order valence-electron chi connectivity index (χ3n) is 9.77. The van der Waals surface area contributed by atoms with Crippen molar-refractivity contribution in [3.8, 4) is 39.1 Å². The molecule has 0 amide bonds. The molecule has 0 saturated carbocycles. The molecule has 0 aliphatic heterocycles. The largest absolute Gasteiger partial charge is 0.455 e. The maximum absolute atomic E-state index is 6.62. The lowest BCUT2D eigenvalue weighted by Gasteiger charge is -2.13. The Morgan fingerprint density at radius 3 is 1.58 bits per heavy atom. The molecule has 0 atom stereocenters. The lowest BCUT2D eigenvalue weighted by Crippen LogP contribution is -1.95. The van der Waals surface area contributed by atoms with Gasteiger partial charge in [0.25, 0.3) is 0 Å². The Hall–Kier alpha value is -6.38. The van der Waals surface area contributed by atoms with E-state index in [2.05, 4.69) is 174 Å². The Morgan fingerprint density at radius 1 is 0.375 bits per heavy atom. The molecule has 0 N–H and O–H groups in total. The Balaban J connectivity index is 1.20. The van der Waals surface area contributed by atoms with Gasteiger partial charge in [-0.25, -0.2) is 0 Å². The van der Waals surface area contributed by atoms with Crippen LogP contribution in [0.4, 0.5) is 0 Å². The lowest BCUT2D eigenvalue weighted by atomic mass is 9.93. The normalized spacial score (nSPS) is 11.8. The SMILES string of the molecule is c1ccc(-c2cc(-c3ccccc3)cc(-c3ccc(-n4c5ccccc5c5ccc6ccc7c8ccccc8oc7c6c54)cc3)c2)cc1. The average Bonchev–Trinajstić information content (AvgIpc) is 3.71. The molecule has 2 nitrogen and oxygen atoms in total. The predicted molar refractivity (Wildman–Crippen MR) is 202 cm³/mol. The van der Waals surface area contributed by atoms with E-state index < -0.39 is 0 Å². The summed E-state index contributed by atoms with van der Waals surface area (Å²) in [4.78, 5) is 0. The summed E-state index contributed by atoms with van der Waals surface area (Å²) in [5.74, 6) is 0. The second-order valence-corrected chi connectivity index (χ2v) is 12.5. The van der Waals surface area contributed by atoms with Crippen LogP contribution in [-0.4, -0.2) is 4.57 Å². The van der Waals surface area contributed by atoms with E-state index in [0.717, 1.165) is 33.0 Å². The van der Waals surface area contributed by atoms with Crippen LogP contribution in [0.15, 0.2) is 180 Å². The molecule has 2 heteroatoms. The Morgan fingerprint density at radius 2 is 0.917 bits per heavy atom. The van der Waals surface area contributed by atoms with Crippen molar-refractivity contribution in [1.29, 1.82) is 0 Å². The summed E-state index contributed by atoms with van der Waals surface area (Å²) in [7, 11) is 0. The van der Waals surface area contributed by atoms with Crippen molar-refractivity contribution in [2.24, 2.45) is 0 Å². The standard InChI is InChI=1S/C46H29NO/c1-3-11-30(12-4-1)34-27-35(31-13-5-2-6-14-31)29-36(28-34)32-19-23-37(24-20-32)47-42-17-9-7-15-38(42)40-25-21-33-22-26-41-39-16-8-10-18-43(39)48-46(41)44(33)45(40)47/h1-29H. The van der Waals surface area contributed by atoms with E-state index in [1.165, 1.54) is 60.6 Å². The first-order chi connectivity index (χ1) is 23.8. The van der Waals surface area contributed by atoms with Gasteiger partial charge in [0.15, 0.2) is 0 Å². The summed E-state index contributed by atoms with van der Waals surface area (Å²) >= 11 is 0. The summed E-state index contributed by atoms with van der Waals surface area (Å²) in [5, 5.41) is 7.05. The van der Waals surface area contributed by atoms with Gasteiger partial charge in [-0.15, -0.1) is 0 Å². The van der Waals surface area contributed by atoms with E-state index in [-0.39, 0.29) is 0 Å². The molecule has 48 heavy (non-hydrogen) atoms. The number of furan rings is 1. The van der Waals surface area contributed by atoms with E-state index in [9.17, 15) is 0 Å². The van der Waals surface area contributed by atoms with E-state index in [1.807, 2.05) is 6.07 Å². The lowest BCUT2D eigenvalue weighted by molar-refractivity contribution is 0.673. The van der Waals surface area contributed by atoms with Crippen LogP contribution < -0.4 is 0 Å². The van der Waals surface area contributed by atoms with Gasteiger partial charge in [-0.3, -0.25) is 0 Å². The minimum Gasteiger partial charge on any atom is -0.455 e. The third kappa shape index (κ3) is 4.13. The summed E-state index contributed by atoms with van der Waals surface area (Å²) in [6, 6.07) is 63.2. The number of benzene rings is 8. The molecular formula is C46H29NO. The fourth-order valence-electron chi connectivity index (χ4n) is 7.50. The molecule has 0 fully saturated rings. The van der Waals surface area contributed by atoms with Gasteiger partial charge in [0, 0.05) is 32.6 Å². The Kier molecular flexibility index (Phi) is 5.91. The molecule has 0 aliphatic carbocycles. The maximum atomic E-state index is 6.62. The van der Waals surface area contributed by atoms with Crippen LogP contribution >= 0.6 is 0 Å². The van der Waals surface area contributed by atoms with Crippen LogP contribution in [-0.2, 0) is 0 Å². The molecule has 2 aromatic heterocycles. The highest BCUT2D eigenvalue weighted by atomic mass is 16.3. The van der Waals surface area contributed by atoms with Gasteiger partial charge >= 0.3 is 0 Å². The number of hydrogen-bond acceptors (Lipinski definition) is 1. The van der Waals surface area contributed by atoms with E-state index in [1.54, 1.807) is 0 Å². The van der Waals surface area contributed by atoms with Gasteiger partial charge in [-0.1, -0.05) is 127 Å². The van der Waals surface area contributed by atoms with Gasteiger partial charge < -0.3 is 8.98 Å². The summed E-state index contributed by atoms with van der Waals surface area (Å²) in [5.41, 5.74) is 12.5. The highest BCUT2D eigenvalue weighted by Gasteiger charge is 2.19. The fourth-order valence-corrected chi connectivity index (χ4v) is 7.50. The maximum Gasteiger partial charge on any atom is 0.145 e. The first kappa shape index (κ1) is 26.8. The van der Waals surface area contributed by atoms with Crippen molar-refractivity contribution in [3.05, 3.63) is 176 Å². The topological polar surface area (TPSA) is 18.1 Å². The predicted octanol–water partition coefficient (Wildman–Crippen LogP) is 12.8. The molecule has 0 radical (unpaired) electrons. The van der Waals surface area contributed by atoms with E-state index in [4.69, 9.17) is 4.42 Å². The van der Waals surface area contributed by atoms with Crippen molar-refractivity contribution < 1.29 is 4.42 Å². The molecule has 224 valence electrons.